The van der Waals surface area contributed by atoms with Crippen LogP contribution in [0.1, 0.15) is 31.4 Å². The molecule has 1 N–H and O–H groups in total. The van der Waals surface area contributed by atoms with E-state index in [2.05, 4.69) is 10.3 Å². The number of hydrogen-bond acceptors (Lipinski definition) is 6. The summed E-state index contributed by atoms with van der Waals surface area (Å²) in [7, 11) is -3.55. The van der Waals surface area contributed by atoms with Crippen LogP contribution in [0, 0.1) is 0 Å². The number of thiazole rings is 1. The van der Waals surface area contributed by atoms with Crippen LogP contribution >= 0.6 is 22.7 Å². The van der Waals surface area contributed by atoms with Crippen molar-refractivity contribution in [2.75, 3.05) is 18.4 Å². The van der Waals surface area contributed by atoms with Crippen LogP contribution in [0.5, 0.6) is 0 Å². The third-order valence-electron chi connectivity index (χ3n) is 4.98. The van der Waals surface area contributed by atoms with E-state index in [-0.39, 0.29) is 17.2 Å². The molecule has 158 valence electrons. The van der Waals surface area contributed by atoms with Crippen LogP contribution in [0.15, 0.2) is 51.4 Å². The molecule has 9 heteroatoms. The van der Waals surface area contributed by atoms with Crippen molar-refractivity contribution in [3.05, 3.63) is 52.2 Å². The average molecular weight is 462 g/mol. The largest absolute Gasteiger partial charge is 0.326 e. The van der Waals surface area contributed by atoms with Gasteiger partial charge in [-0.05, 0) is 42.5 Å². The van der Waals surface area contributed by atoms with E-state index < -0.39 is 10.0 Å². The Bertz CT molecular complexity index is 1100. The second kappa shape index (κ2) is 9.38. The van der Waals surface area contributed by atoms with Crippen LogP contribution in [-0.2, 0) is 21.2 Å². The fourth-order valence-electron chi connectivity index (χ4n) is 3.44. The SMILES string of the molecule is O=C(Cc1csc(-c2ccsc2)n1)Nc1cccc(S(=O)(=O)N2CCCCCC2)c1. The number of rotatable bonds is 6. The van der Waals surface area contributed by atoms with Crippen molar-refractivity contribution >= 4 is 44.3 Å². The number of carbonyl (C=O) groups excluding carboxylic acids is 1. The molecule has 1 aliphatic rings. The number of sulfonamides is 1. The van der Waals surface area contributed by atoms with Gasteiger partial charge in [-0.3, -0.25) is 4.79 Å². The van der Waals surface area contributed by atoms with Gasteiger partial charge in [-0.15, -0.1) is 11.3 Å². The highest BCUT2D eigenvalue weighted by Crippen LogP contribution is 2.26. The molecule has 0 bridgehead atoms. The summed E-state index contributed by atoms with van der Waals surface area (Å²) in [6.07, 6.45) is 4.04. The summed E-state index contributed by atoms with van der Waals surface area (Å²) in [6.45, 7) is 1.10. The molecule has 0 spiro atoms. The van der Waals surface area contributed by atoms with E-state index in [9.17, 15) is 13.2 Å². The summed E-state index contributed by atoms with van der Waals surface area (Å²) in [5.74, 6) is -0.221. The van der Waals surface area contributed by atoms with Crippen LogP contribution in [0.3, 0.4) is 0 Å². The molecule has 0 radical (unpaired) electrons. The van der Waals surface area contributed by atoms with Gasteiger partial charge in [0.15, 0.2) is 0 Å². The number of hydrogen-bond donors (Lipinski definition) is 1. The van der Waals surface area contributed by atoms with Gasteiger partial charge in [-0.25, -0.2) is 13.4 Å². The summed E-state index contributed by atoms with van der Waals surface area (Å²) < 4.78 is 27.5. The number of benzene rings is 1. The third kappa shape index (κ3) is 4.97. The van der Waals surface area contributed by atoms with Crippen LogP contribution in [0.25, 0.3) is 10.6 Å². The molecule has 0 unspecified atom stereocenters. The van der Waals surface area contributed by atoms with Crippen molar-refractivity contribution in [1.29, 1.82) is 0 Å². The molecule has 0 saturated carbocycles. The van der Waals surface area contributed by atoms with Crippen LogP contribution < -0.4 is 5.32 Å². The van der Waals surface area contributed by atoms with Gasteiger partial charge in [0.25, 0.3) is 0 Å². The molecular weight excluding hydrogens is 438 g/mol. The first-order valence-electron chi connectivity index (χ1n) is 9.89. The highest BCUT2D eigenvalue weighted by molar-refractivity contribution is 7.89. The zero-order valence-electron chi connectivity index (χ0n) is 16.4. The van der Waals surface area contributed by atoms with Gasteiger partial charge in [0.05, 0.1) is 17.0 Å². The van der Waals surface area contributed by atoms with Gasteiger partial charge in [-0.2, -0.15) is 15.6 Å². The molecular formula is C21H23N3O3S3. The second-order valence-electron chi connectivity index (χ2n) is 7.23. The fraction of sp³-hybridized carbons (Fsp3) is 0.333. The number of anilines is 1. The van der Waals surface area contributed by atoms with Gasteiger partial charge >= 0.3 is 0 Å². The maximum atomic E-state index is 13.0. The Hall–Kier alpha value is -2.07. The van der Waals surface area contributed by atoms with Crippen molar-refractivity contribution in [2.24, 2.45) is 0 Å². The molecule has 1 aliphatic heterocycles. The summed E-state index contributed by atoms with van der Waals surface area (Å²) in [4.78, 5) is 17.2. The first-order chi connectivity index (χ1) is 14.5. The van der Waals surface area contributed by atoms with Crippen molar-refractivity contribution < 1.29 is 13.2 Å². The monoisotopic (exact) mass is 461 g/mol. The standard InChI is InChI=1S/C21H23N3O3S3/c25-20(13-18-15-29-21(23-18)16-8-11-28-14-16)22-17-6-5-7-19(12-17)30(26,27)24-9-3-1-2-4-10-24/h5-8,11-12,14-15H,1-4,9-10,13H2,(H,22,25). The number of amides is 1. The molecule has 1 amide bonds. The quantitative estimate of drug-likeness (QED) is 0.581. The molecule has 0 atom stereocenters. The first kappa shape index (κ1) is 21.2. The van der Waals surface area contributed by atoms with Crippen LogP contribution in [-0.4, -0.2) is 36.7 Å². The number of thiophene rings is 1. The van der Waals surface area contributed by atoms with Crippen molar-refractivity contribution in [3.8, 4) is 10.6 Å². The summed E-state index contributed by atoms with van der Waals surface area (Å²) in [5.41, 5.74) is 2.24. The topological polar surface area (TPSA) is 79.4 Å². The zero-order valence-corrected chi connectivity index (χ0v) is 18.9. The van der Waals surface area contributed by atoms with E-state index >= 15 is 0 Å². The predicted molar refractivity (Wildman–Crippen MR) is 121 cm³/mol. The molecule has 1 aromatic carbocycles. The number of aromatic nitrogens is 1. The van der Waals surface area contributed by atoms with Gasteiger partial charge in [0.1, 0.15) is 5.01 Å². The third-order valence-corrected chi connectivity index (χ3v) is 8.50. The Kier molecular flexibility index (Phi) is 6.62. The molecule has 1 fully saturated rings. The minimum absolute atomic E-state index is 0.143. The Labute approximate surface area is 184 Å². The van der Waals surface area contributed by atoms with Gasteiger partial charge in [0, 0.05) is 35.1 Å². The normalized spacial score (nSPS) is 15.6. The molecule has 3 heterocycles. The molecule has 0 aliphatic carbocycles. The minimum Gasteiger partial charge on any atom is -0.326 e. The van der Waals surface area contributed by atoms with Crippen molar-refractivity contribution in [3.63, 3.8) is 0 Å². The molecule has 4 rings (SSSR count). The zero-order chi connectivity index (χ0) is 21.0. The molecule has 30 heavy (non-hydrogen) atoms. The molecule has 1 saturated heterocycles. The van der Waals surface area contributed by atoms with E-state index in [1.807, 2.05) is 22.2 Å². The summed E-state index contributed by atoms with van der Waals surface area (Å²) in [6, 6.07) is 8.50. The van der Waals surface area contributed by atoms with E-state index in [1.54, 1.807) is 33.8 Å². The van der Waals surface area contributed by atoms with Gasteiger partial charge in [-0.1, -0.05) is 18.9 Å². The van der Waals surface area contributed by atoms with E-state index in [4.69, 9.17) is 0 Å². The maximum Gasteiger partial charge on any atom is 0.243 e. The van der Waals surface area contributed by atoms with E-state index in [0.717, 1.165) is 36.3 Å². The average Bonchev–Trinajstić information content (AvgIpc) is 3.34. The smallest absolute Gasteiger partial charge is 0.243 e. The second-order valence-corrected chi connectivity index (χ2v) is 10.8. The van der Waals surface area contributed by atoms with E-state index in [0.29, 0.717) is 24.5 Å². The summed E-state index contributed by atoms with van der Waals surface area (Å²) >= 11 is 3.12. The lowest BCUT2D eigenvalue weighted by molar-refractivity contribution is -0.115. The predicted octanol–water partition coefficient (Wildman–Crippen LogP) is 4.62. The lowest BCUT2D eigenvalue weighted by atomic mass is 10.2. The van der Waals surface area contributed by atoms with E-state index in [1.165, 1.54) is 17.4 Å². The van der Waals surface area contributed by atoms with Crippen molar-refractivity contribution in [1.82, 2.24) is 9.29 Å². The number of nitrogens with one attached hydrogen (secondary N) is 1. The Balaban J connectivity index is 1.43. The Morgan fingerprint density at radius 1 is 1.10 bits per heavy atom. The van der Waals surface area contributed by atoms with Gasteiger partial charge < -0.3 is 5.32 Å². The summed E-state index contributed by atoms with van der Waals surface area (Å²) in [5, 5.41) is 9.60. The molecule has 3 aromatic rings. The Morgan fingerprint density at radius 2 is 1.90 bits per heavy atom. The Morgan fingerprint density at radius 3 is 2.63 bits per heavy atom. The fourth-order valence-corrected chi connectivity index (χ4v) is 6.54. The lowest BCUT2D eigenvalue weighted by Gasteiger charge is -2.20. The van der Waals surface area contributed by atoms with Crippen LogP contribution in [0.2, 0.25) is 0 Å². The lowest BCUT2D eigenvalue weighted by Crippen LogP contribution is -2.32. The van der Waals surface area contributed by atoms with Crippen molar-refractivity contribution in [2.45, 2.75) is 37.0 Å². The first-order valence-corrected chi connectivity index (χ1v) is 13.2. The maximum absolute atomic E-state index is 13.0. The highest BCUT2D eigenvalue weighted by Gasteiger charge is 2.25. The van der Waals surface area contributed by atoms with Gasteiger partial charge in [0.2, 0.25) is 15.9 Å². The molecule has 2 aromatic heterocycles. The minimum atomic E-state index is -3.55. The number of nitrogens with zero attached hydrogens (tertiary/aromatic N) is 2. The molecule has 6 nitrogen and oxygen atoms in total. The van der Waals surface area contributed by atoms with Crippen LogP contribution in [0.4, 0.5) is 5.69 Å². The number of carbonyl (C=O) groups is 1. The highest BCUT2D eigenvalue weighted by atomic mass is 32.2.